The Labute approximate surface area is 93.5 Å². The number of nitrogens with two attached hydrogens (primary N) is 1. The molecule has 0 aromatic heterocycles. The second kappa shape index (κ2) is 4.96. The van der Waals surface area contributed by atoms with Gasteiger partial charge in [0.2, 0.25) is 0 Å². The van der Waals surface area contributed by atoms with E-state index in [0.29, 0.717) is 31.2 Å². The van der Waals surface area contributed by atoms with Crippen LogP contribution < -0.4 is 11.1 Å². The van der Waals surface area contributed by atoms with Crippen LogP contribution in [0.2, 0.25) is 0 Å². The largest absolute Gasteiger partial charge is 0.397 e. The summed E-state index contributed by atoms with van der Waals surface area (Å²) in [6.07, 6.45) is -0.548. The van der Waals surface area contributed by atoms with Gasteiger partial charge < -0.3 is 20.5 Å². The number of ether oxygens (including phenoxy) is 2. The molecule has 1 aliphatic rings. The summed E-state index contributed by atoms with van der Waals surface area (Å²) in [6.45, 7) is 1.28. The van der Waals surface area contributed by atoms with Gasteiger partial charge in [0.05, 0.1) is 31.2 Å². The Balaban J connectivity index is 1.99. The molecule has 3 N–H and O–H groups in total. The maximum absolute atomic E-state index is 11.7. The summed E-state index contributed by atoms with van der Waals surface area (Å²) in [5.74, 6) is -0.224. The number of benzene rings is 1. The maximum atomic E-state index is 11.7. The minimum atomic E-state index is -0.548. The number of carbonyl (C=O) groups is 1. The van der Waals surface area contributed by atoms with Crippen LogP contribution in [-0.4, -0.2) is 31.8 Å². The molecule has 0 aliphatic carbocycles. The molecule has 16 heavy (non-hydrogen) atoms. The molecule has 0 radical (unpaired) electrons. The fraction of sp³-hybridized carbons (Fsp3) is 0.364. The minimum absolute atomic E-state index is 0.224. The van der Waals surface area contributed by atoms with Crippen molar-refractivity contribution in [3.8, 4) is 0 Å². The Bertz CT molecular complexity index is 375. The molecule has 1 aromatic rings. The normalized spacial score (nSPS) is 20.4. The first-order valence-electron chi connectivity index (χ1n) is 5.12. The van der Waals surface area contributed by atoms with Gasteiger partial charge in [0.25, 0.3) is 5.91 Å². The maximum Gasteiger partial charge on any atom is 0.255 e. The molecule has 1 amide bonds. The first-order chi connectivity index (χ1) is 7.77. The lowest BCUT2D eigenvalue weighted by Gasteiger charge is -2.22. The third-order valence-corrected chi connectivity index (χ3v) is 2.33. The number of hydrogen-bond acceptors (Lipinski definition) is 4. The lowest BCUT2D eigenvalue weighted by Crippen LogP contribution is -2.39. The van der Waals surface area contributed by atoms with Crippen molar-refractivity contribution in [3.63, 3.8) is 0 Å². The van der Waals surface area contributed by atoms with Crippen molar-refractivity contribution in [1.82, 2.24) is 0 Å². The second-order valence-electron chi connectivity index (χ2n) is 3.51. The molecular formula is C11H14N2O3. The number of rotatable bonds is 2. The highest BCUT2D eigenvalue weighted by Gasteiger charge is 2.22. The van der Waals surface area contributed by atoms with E-state index in [-0.39, 0.29) is 5.91 Å². The van der Waals surface area contributed by atoms with E-state index in [2.05, 4.69) is 5.32 Å². The molecule has 1 aliphatic heterocycles. The number of amides is 1. The zero-order chi connectivity index (χ0) is 11.4. The number of hydrogen-bond donors (Lipinski definition) is 2. The third-order valence-electron chi connectivity index (χ3n) is 2.33. The molecule has 5 heteroatoms. The van der Waals surface area contributed by atoms with Crippen LogP contribution in [-0.2, 0) is 14.3 Å². The van der Waals surface area contributed by atoms with Gasteiger partial charge in [-0.1, -0.05) is 12.1 Å². The molecule has 0 spiro atoms. The molecule has 1 aromatic carbocycles. The monoisotopic (exact) mass is 222 g/mol. The van der Waals surface area contributed by atoms with E-state index in [1.165, 1.54) is 0 Å². The molecule has 1 atom stereocenters. The average molecular weight is 222 g/mol. The van der Waals surface area contributed by atoms with Crippen molar-refractivity contribution < 1.29 is 14.3 Å². The fourth-order valence-electron chi connectivity index (χ4n) is 1.46. The van der Waals surface area contributed by atoms with Crippen LogP contribution in [0.1, 0.15) is 0 Å². The average Bonchev–Trinajstić information content (AvgIpc) is 2.33. The van der Waals surface area contributed by atoms with Gasteiger partial charge >= 0.3 is 0 Å². The van der Waals surface area contributed by atoms with Crippen molar-refractivity contribution >= 4 is 17.3 Å². The summed E-state index contributed by atoms with van der Waals surface area (Å²) in [7, 11) is 0. The van der Waals surface area contributed by atoms with E-state index in [0.717, 1.165) is 0 Å². The van der Waals surface area contributed by atoms with E-state index >= 15 is 0 Å². The van der Waals surface area contributed by atoms with E-state index in [4.69, 9.17) is 15.2 Å². The Morgan fingerprint density at radius 1 is 1.38 bits per heavy atom. The van der Waals surface area contributed by atoms with Gasteiger partial charge in [-0.25, -0.2) is 0 Å². The first-order valence-corrected chi connectivity index (χ1v) is 5.12. The van der Waals surface area contributed by atoms with Gasteiger partial charge in [-0.15, -0.1) is 0 Å². The van der Waals surface area contributed by atoms with Crippen LogP contribution in [0.5, 0.6) is 0 Å². The van der Waals surface area contributed by atoms with Gasteiger partial charge in [-0.05, 0) is 12.1 Å². The van der Waals surface area contributed by atoms with Gasteiger partial charge in [0.15, 0.2) is 6.10 Å². The Hall–Kier alpha value is -1.59. The minimum Gasteiger partial charge on any atom is -0.397 e. The molecule has 86 valence electrons. The van der Waals surface area contributed by atoms with Gasteiger partial charge in [-0.3, -0.25) is 4.79 Å². The Morgan fingerprint density at radius 3 is 2.88 bits per heavy atom. The lowest BCUT2D eigenvalue weighted by atomic mass is 10.2. The van der Waals surface area contributed by atoms with E-state index in [9.17, 15) is 4.79 Å². The number of carbonyl (C=O) groups excluding carboxylic acids is 1. The molecule has 1 saturated heterocycles. The van der Waals surface area contributed by atoms with E-state index in [1.807, 2.05) is 12.1 Å². The fourth-order valence-corrected chi connectivity index (χ4v) is 1.46. The molecular weight excluding hydrogens is 208 g/mol. The van der Waals surface area contributed by atoms with Crippen LogP contribution in [0, 0.1) is 0 Å². The third kappa shape index (κ3) is 2.50. The molecule has 0 bridgehead atoms. The molecule has 1 fully saturated rings. The Kier molecular flexibility index (Phi) is 3.38. The van der Waals surface area contributed by atoms with Crippen molar-refractivity contribution in [2.75, 3.05) is 30.9 Å². The lowest BCUT2D eigenvalue weighted by molar-refractivity contribution is -0.142. The van der Waals surface area contributed by atoms with E-state index in [1.54, 1.807) is 12.1 Å². The molecule has 1 unspecified atom stereocenters. The van der Waals surface area contributed by atoms with Gasteiger partial charge in [-0.2, -0.15) is 0 Å². The molecule has 2 rings (SSSR count). The van der Waals surface area contributed by atoms with Crippen molar-refractivity contribution in [2.45, 2.75) is 6.10 Å². The highest BCUT2D eigenvalue weighted by Crippen LogP contribution is 2.17. The molecule has 1 heterocycles. The summed E-state index contributed by atoms with van der Waals surface area (Å²) >= 11 is 0. The van der Waals surface area contributed by atoms with Crippen LogP contribution in [0.4, 0.5) is 11.4 Å². The number of para-hydroxylation sites is 2. The summed E-state index contributed by atoms with van der Waals surface area (Å²) in [6, 6.07) is 7.10. The predicted octanol–water partition coefficient (Wildman–Crippen LogP) is 0.623. The van der Waals surface area contributed by atoms with Gasteiger partial charge in [0, 0.05) is 0 Å². The van der Waals surface area contributed by atoms with Crippen molar-refractivity contribution in [3.05, 3.63) is 24.3 Å². The van der Waals surface area contributed by atoms with Crippen molar-refractivity contribution in [1.29, 1.82) is 0 Å². The number of anilines is 2. The molecule has 5 nitrogen and oxygen atoms in total. The van der Waals surface area contributed by atoms with Gasteiger partial charge in [0.1, 0.15) is 0 Å². The second-order valence-corrected chi connectivity index (χ2v) is 3.51. The topological polar surface area (TPSA) is 73.6 Å². The zero-order valence-corrected chi connectivity index (χ0v) is 8.81. The zero-order valence-electron chi connectivity index (χ0n) is 8.81. The summed E-state index contributed by atoms with van der Waals surface area (Å²) in [5, 5.41) is 2.71. The van der Waals surface area contributed by atoms with Crippen LogP contribution >= 0.6 is 0 Å². The van der Waals surface area contributed by atoms with Crippen molar-refractivity contribution in [2.24, 2.45) is 0 Å². The number of nitrogens with one attached hydrogen (secondary N) is 1. The predicted molar refractivity (Wildman–Crippen MR) is 60.0 cm³/mol. The van der Waals surface area contributed by atoms with E-state index < -0.39 is 6.10 Å². The summed E-state index contributed by atoms with van der Waals surface area (Å²) in [5.41, 5.74) is 6.85. The first kappa shape index (κ1) is 10.9. The van der Waals surface area contributed by atoms with Crippen LogP contribution in [0.25, 0.3) is 0 Å². The summed E-state index contributed by atoms with van der Waals surface area (Å²) in [4.78, 5) is 11.7. The standard InChI is InChI=1S/C11H14N2O3/c12-8-3-1-2-4-9(8)13-11(14)10-7-15-5-6-16-10/h1-4,10H,5-7,12H2,(H,13,14). The number of nitrogen functional groups attached to an aromatic ring is 1. The summed E-state index contributed by atoms with van der Waals surface area (Å²) < 4.78 is 10.4. The van der Waals surface area contributed by atoms with Crippen LogP contribution in [0.15, 0.2) is 24.3 Å². The quantitative estimate of drug-likeness (QED) is 0.719. The SMILES string of the molecule is Nc1ccccc1NC(=O)C1COCCO1. The molecule has 0 saturated carbocycles. The van der Waals surface area contributed by atoms with Crippen LogP contribution in [0.3, 0.4) is 0 Å². The Morgan fingerprint density at radius 2 is 2.19 bits per heavy atom. The highest BCUT2D eigenvalue weighted by molar-refractivity contribution is 5.96. The smallest absolute Gasteiger partial charge is 0.255 e. The highest BCUT2D eigenvalue weighted by atomic mass is 16.6.